The number of likely N-dealkylation sites (N-methyl/N-ethyl adjacent to an activating group) is 1. The van der Waals surface area contributed by atoms with Crippen LogP contribution in [0.3, 0.4) is 0 Å². The molecule has 0 aliphatic carbocycles. The largest absolute Gasteiger partial charge is 0.481 e. The van der Waals surface area contributed by atoms with E-state index >= 15 is 0 Å². The lowest BCUT2D eigenvalue weighted by Crippen LogP contribution is -2.55. The summed E-state index contributed by atoms with van der Waals surface area (Å²) in [6, 6.07) is -0.0996. The molecule has 2 rings (SSSR count). The predicted octanol–water partition coefficient (Wildman–Crippen LogP) is -0.345. The van der Waals surface area contributed by atoms with Gasteiger partial charge in [-0.3, -0.25) is 10.2 Å². The molecule has 0 radical (unpaired) electrons. The Kier molecular flexibility index (Phi) is 4.60. The molecule has 0 aromatic carbocycles. The highest BCUT2D eigenvalue weighted by Gasteiger charge is 2.28. The monoisotopic (exact) mass is 270 g/mol. The number of carboxylic acid groups (broad SMARTS) is 1. The van der Waals surface area contributed by atoms with Crippen LogP contribution < -0.4 is 5.43 Å². The van der Waals surface area contributed by atoms with Crippen molar-refractivity contribution in [1.82, 2.24) is 20.2 Å². The van der Waals surface area contributed by atoms with Crippen LogP contribution in [0, 0.1) is 5.92 Å². The topological polar surface area (TPSA) is 76.1 Å². The van der Waals surface area contributed by atoms with Gasteiger partial charge in [0.25, 0.3) is 0 Å². The van der Waals surface area contributed by atoms with Gasteiger partial charge >= 0.3 is 12.0 Å². The Bertz CT molecular complexity index is 342. The molecule has 7 heteroatoms. The summed E-state index contributed by atoms with van der Waals surface area (Å²) < 4.78 is 0. The summed E-state index contributed by atoms with van der Waals surface area (Å²) in [6.07, 6.45) is 0.931. The summed E-state index contributed by atoms with van der Waals surface area (Å²) in [5.74, 6) is -0.693. The van der Waals surface area contributed by atoms with Gasteiger partial charge in [0.15, 0.2) is 0 Å². The number of nitrogens with one attached hydrogen (secondary N) is 1. The SMILES string of the molecule is CN1CCN(NC(=O)N2CCC(CC(=O)O)C2)CC1. The number of aliphatic carboxylic acids is 1. The maximum absolute atomic E-state index is 12.0. The average Bonchev–Trinajstić information content (AvgIpc) is 2.80. The summed E-state index contributed by atoms with van der Waals surface area (Å²) in [5, 5.41) is 10.7. The Balaban J connectivity index is 1.73. The molecule has 7 nitrogen and oxygen atoms in total. The van der Waals surface area contributed by atoms with Crippen LogP contribution in [-0.4, -0.2) is 78.2 Å². The van der Waals surface area contributed by atoms with Gasteiger partial charge in [-0.2, -0.15) is 0 Å². The van der Waals surface area contributed by atoms with Crippen molar-refractivity contribution in [3.05, 3.63) is 0 Å². The van der Waals surface area contributed by atoms with E-state index in [0.29, 0.717) is 13.1 Å². The molecule has 0 aromatic rings. The van der Waals surface area contributed by atoms with Crippen LogP contribution >= 0.6 is 0 Å². The molecule has 2 aliphatic rings. The van der Waals surface area contributed by atoms with Gasteiger partial charge in [-0.05, 0) is 19.4 Å². The normalized spacial score (nSPS) is 25.5. The lowest BCUT2D eigenvalue weighted by Gasteiger charge is -2.33. The highest BCUT2D eigenvalue weighted by Crippen LogP contribution is 2.19. The molecule has 0 aromatic heterocycles. The molecule has 19 heavy (non-hydrogen) atoms. The van der Waals surface area contributed by atoms with E-state index < -0.39 is 5.97 Å². The maximum Gasteiger partial charge on any atom is 0.331 e. The third kappa shape index (κ3) is 4.07. The first-order valence-electron chi connectivity index (χ1n) is 6.75. The molecule has 2 amide bonds. The molecule has 108 valence electrons. The second kappa shape index (κ2) is 6.21. The van der Waals surface area contributed by atoms with Gasteiger partial charge in [0.1, 0.15) is 0 Å². The molecule has 1 atom stereocenters. The molecule has 2 heterocycles. The number of urea groups is 1. The predicted molar refractivity (Wildman–Crippen MR) is 69.5 cm³/mol. The minimum absolute atomic E-state index is 0.0933. The number of carbonyl (C=O) groups excluding carboxylic acids is 1. The fourth-order valence-electron chi connectivity index (χ4n) is 2.55. The standard InChI is InChI=1S/C12H22N4O3/c1-14-4-6-16(7-5-14)13-12(19)15-3-2-10(9-15)8-11(17)18/h10H,2-9H2,1H3,(H,13,19)(H,17,18). The molecule has 0 spiro atoms. The second-order valence-electron chi connectivity index (χ2n) is 5.41. The lowest BCUT2D eigenvalue weighted by molar-refractivity contribution is -0.138. The third-order valence-corrected chi connectivity index (χ3v) is 3.79. The van der Waals surface area contributed by atoms with Gasteiger partial charge in [-0.25, -0.2) is 9.80 Å². The zero-order valence-electron chi connectivity index (χ0n) is 11.3. The quantitative estimate of drug-likeness (QED) is 0.733. The first-order chi connectivity index (χ1) is 9.04. The van der Waals surface area contributed by atoms with E-state index in [-0.39, 0.29) is 18.4 Å². The van der Waals surface area contributed by atoms with Crippen LogP contribution in [0.25, 0.3) is 0 Å². The fraction of sp³-hybridized carbons (Fsp3) is 0.833. The first kappa shape index (κ1) is 14.1. The van der Waals surface area contributed by atoms with Gasteiger partial charge in [0.2, 0.25) is 0 Å². The van der Waals surface area contributed by atoms with Crippen LogP contribution in [-0.2, 0) is 4.79 Å². The number of piperazine rings is 1. The van der Waals surface area contributed by atoms with Crippen LogP contribution in [0.15, 0.2) is 0 Å². The van der Waals surface area contributed by atoms with Crippen molar-refractivity contribution >= 4 is 12.0 Å². The number of nitrogens with zero attached hydrogens (tertiary/aromatic N) is 3. The molecule has 2 N–H and O–H groups in total. The van der Waals surface area contributed by atoms with Crippen LogP contribution in [0.1, 0.15) is 12.8 Å². The zero-order chi connectivity index (χ0) is 13.8. The summed E-state index contributed by atoms with van der Waals surface area (Å²) >= 11 is 0. The Labute approximate surface area is 113 Å². The Morgan fingerprint density at radius 1 is 1.21 bits per heavy atom. The number of carbonyl (C=O) groups is 2. The third-order valence-electron chi connectivity index (χ3n) is 3.79. The average molecular weight is 270 g/mol. The molecule has 2 saturated heterocycles. The minimum atomic E-state index is -0.786. The van der Waals surface area contributed by atoms with Crippen molar-refractivity contribution in [2.75, 3.05) is 46.3 Å². The molecular formula is C12H22N4O3. The van der Waals surface area contributed by atoms with Crippen LogP contribution in [0.5, 0.6) is 0 Å². The fourth-order valence-corrected chi connectivity index (χ4v) is 2.55. The van der Waals surface area contributed by atoms with Gasteiger partial charge in [-0.1, -0.05) is 0 Å². The van der Waals surface area contributed by atoms with Gasteiger partial charge < -0.3 is 14.9 Å². The summed E-state index contributed by atoms with van der Waals surface area (Å²) in [7, 11) is 2.07. The van der Waals surface area contributed by atoms with Crippen molar-refractivity contribution in [3.63, 3.8) is 0 Å². The van der Waals surface area contributed by atoms with Crippen molar-refractivity contribution in [2.24, 2.45) is 5.92 Å². The van der Waals surface area contributed by atoms with E-state index in [0.717, 1.165) is 32.6 Å². The van der Waals surface area contributed by atoms with Crippen molar-refractivity contribution in [2.45, 2.75) is 12.8 Å². The van der Waals surface area contributed by atoms with Gasteiger partial charge in [0, 0.05) is 45.7 Å². The highest BCUT2D eigenvalue weighted by atomic mass is 16.4. The van der Waals surface area contributed by atoms with Gasteiger partial charge in [-0.15, -0.1) is 0 Å². The van der Waals surface area contributed by atoms with E-state index in [1.54, 1.807) is 4.90 Å². The Morgan fingerprint density at radius 3 is 2.53 bits per heavy atom. The van der Waals surface area contributed by atoms with E-state index in [9.17, 15) is 9.59 Å². The first-order valence-corrected chi connectivity index (χ1v) is 6.75. The minimum Gasteiger partial charge on any atom is -0.481 e. The van der Waals surface area contributed by atoms with E-state index in [1.165, 1.54) is 0 Å². The molecule has 1 unspecified atom stereocenters. The number of likely N-dealkylation sites (tertiary alicyclic amines) is 1. The molecule has 0 saturated carbocycles. The molecular weight excluding hydrogens is 248 g/mol. The number of hydrazine groups is 1. The van der Waals surface area contributed by atoms with Crippen molar-refractivity contribution in [3.8, 4) is 0 Å². The molecule has 0 bridgehead atoms. The maximum atomic E-state index is 12.0. The van der Waals surface area contributed by atoms with E-state index in [4.69, 9.17) is 5.11 Å². The second-order valence-corrected chi connectivity index (χ2v) is 5.41. The Morgan fingerprint density at radius 2 is 1.89 bits per heavy atom. The number of hydrogen-bond acceptors (Lipinski definition) is 4. The van der Waals surface area contributed by atoms with Crippen molar-refractivity contribution < 1.29 is 14.7 Å². The summed E-state index contributed by atoms with van der Waals surface area (Å²) in [5.41, 5.74) is 2.90. The van der Waals surface area contributed by atoms with Crippen LogP contribution in [0.4, 0.5) is 4.79 Å². The van der Waals surface area contributed by atoms with Gasteiger partial charge in [0.05, 0.1) is 0 Å². The van der Waals surface area contributed by atoms with E-state index in [2.05, 4.69) is 17.4 Å². The van der Waals surface area contributed by atoms with Crippen LogP contribution in [0.2, 0.25) is 0 Å². The van der Waals surface area contributed by atoms with Crippen molar-refractivity contribution in [1.29, 1.82) is 0 Å². The smallest absolute Gasteiger partial charge is 0.331 e. The summed E-state index contributed by atoms with van der Waals surface area (Å²) in [6.45, 7) is 4.75. The lowest BCUT2D eigenvalue weighted by atomic mass is 10.1. The van der Waals surface area contributed by atoms with E-state index in [1.807, 2.05) is 5.01 Å². The molecule has 2 aliphatic heterocycles. The number of rotatable bonds is 3. The molecule has 2 fully saturated rings. The number of hydrogen-bond donors (Lipinski definition) is 2. The zero-order valence-corrected chi connectivity index (χ0v) is 11.3. The highest BCUT2D eigenvalue weighted by molar-refractivity contribution is 5.74. The number of amides is 2. The summed E-state index contributed by atoms with van der Waals surface area (Å²) in [4.78, 5) is 26.6. The Hall–Kier alpha value is -1.34. The number of carboxylic acids is 1.